The van der Waals surface area contributed by atoms with Gasteiger partial charge in [-0.3, -0.25) is 9.59 Å². The SMILES string of the molecule is CCC(C)OC(=O)Oc1ccc(C[C@H](N)C(=O)OC[C@H](C)OC(=O)C(C)(C)C)cc1OC(=O)OC(C)CC. The molecule has 2 N–H and O–H groups in total. The van der Waals surface area contributed by atoms with E-state index in [1.807, 2.05) is 13.8 Å². The Morgan fingerprint density at radius 1 is 0.816 bits per heavy atom. The van der Waals surface area contributed by atoms with Gasteiger partial charge < -0.3 is 34.2 Å². The van der Waals surface area contributed by atoms with Gasteiger partial charge in [0.1, 0.15) is 31.0 Å². The number of nitrogens with two attached hydrogens (primary N) is 1. The van der Waals surface area contributed by atoms with E-state index in [9.17, 15) is 19.2 Å². The summed E-state index contributed by atoms with van der Waals surface area (Å²) in [4.78, 5) is 48.7. The van der Waals surface area contributed by atoms with Crippen molar-refractivity contribution in [3.8, 4) is 11.5 Å². The first-order valence-corrected chi connectivity index (χ1v) is 12.7. The highest BCUT2D eigenvalue weighted by Crippen LogP contribution is 2.30. The van der Waals surface area contributed by atoms with Gasteiger partial charge in [-0.05, 0) is 78.5 Å². The molecular formula is C27H41NO10. The number of hydrogen-bond acceptors (Lipinski definition) is 11. The fourth-order valence-corrected chi connectivity index (χ4v) is 2.60. The van der Waals surface area contributed by atoms with E-state index in [1.54, 1.807) is 47.6 Å². The van der Waals surface area contributed by atoms with E-state index < -0.39 is 47.9 Å². The van der Waals surface area contributed by atoms with Crippen LogP contribution in [0.4, 0.5) is 9.59 Å². The Morgan fingerprint density at radius 2 is 1.34 bits per heavy atom. The predicted octanol–water partition coefficient (Wildman–Crippen LogP) is 4.71. The minimum Gasteiger partial charge on any atom is -0.461 e. The van der Waals surface area contributed by atoms with Gasteiger partial charge in [-0.2, -0.15) is 0 Å². The van der Waals surface area contributed by atoms with Crippen molar-refractivity contribution in [1.29, 1.82) is 0 Å². The van der Waals surface area contributed by atoms with Gasteiger partial charge in [0.25, 0.3) is 0 Å². The summed E-state index contributed by atoms with van der Waals surface area (Å²) in [6.45, 7) is 13.7. The largest absolute Gasteiger partial charge is 0.514 e. The van der Waals surface area contributed by atoms with Gasteiger partial charge in [-0.1, -0.05) is 19.9 Å². The molecule has 0 radical (unpaired) electrons. The molecule has 0 bridgehead atoms. The molecule has 1 aromatic carbocycles. The van der Waals surface area contributed by atoms with Gasteiger partial charge in [0.15, 0.2) is 11.5 Å². The van der Waals surface area contributed by atoms with E-state index in [2.05, 4.69) is 0 Å². The summed E-state index contributed by atoms with van der Waals surface area (Å²) in [5, 5.41) is 0. The lowest BCUT2D eigenvalue weighted by atomic mass is 9.97. The number of esters is 2. The van der Waals surface area contributed by atoms with Crippen molar-refractivity contribution in [2.45, 2.75) is 99.0 Å². The van der Waals surface area contributed by atoms with Crippen LogP contribution in [0.3, 0.4) is 0 Å². The zero-order chi connectivity index (χ0) is 29.0. The molecule has 0 fully saturated rings. The van der Waals surface area contributed by atoms with Gasteiger partial charge in [0.2, 0.25) is 0 Å². The van der Waals surface area contributed by atoms with Crippen LogP contribution < -0.4 is 15.2 Å². The van der Waals surface area contributed by atoms with Crippen LogP contribution in [0.25, 0.3) is 0 Å². The minimum absolute atomic E-state index is 0.0172. The second kappa shape index (κ2) is 15.2. The van der Waals surface area contributed by atoms with Crippen LogP contribution in [0.15, 0.2) is 18.2 Å². The molecule has 11 nitrogen and oxygen atoms in total. The smallest absolute Gasteiger partial charge is 0.461 e. The van der Waals surface area contributed by atoms with Crippen molar-refractivity contribution in [3.05, 3.63) is 23.8 Å². The number of carbonyl (C=O) groups is 4. The average Bonchev–Trinajstić information content (AvgIpc) is 2.82. The second-order valence-electron chi connectivity index (χ2n) is 10.1. The number of benzene rings is 1. The third-order valence-corrected chi connectivity index (χ3v) is 5.28. The summed E-state index contributed by atoms with van der Waals surface area (Å²) in [5.41, 5.74) is 5.82. The monoisotopic (exact) mass is 539 g/mol. The van der Waals surface area contributed by atoms with Crippen LogP contribution >= 0.6 is 0 Å². The first-order chi connectivity index (χ1) is 17.7. The van der Waals surface area contributed by atoms with Crippen molar-refractivity contribution in [3.63, 3.8) is 0 Å². The van der Waals surface area contributed by atoms with Crippen LogP contribution in [-0.4, -0.2) is 55.2 Å². The Kier molecular flexibility index (Phi) is 13.0. The lowest BCUT2D eigenvalue weighted by Gasteiger charge is -2.21. The van der Waals surface area contributed by atoms with Crippen LogP contribution in [0.1, 0.15) is 73.8 Å². The molecular weight excluding hydrogens is 498 g/mol. The van der Waals surface area contributed by atoms with Crippen molar-refractivity contribution in [2.75, 3.05) is 6.61 Å². The van der Waals surface area contributed by atoms with Gasteiger partial charge in [-0.15, -0.1) is 0 Å². The Bertz CT molecular complexity index is 956. The summed E-state index contributed by atoms with van der Waals surface area (Å²) in [6.07, 6.45) is -2.18. The van der Waals surface area contributed by atoms with Crippen LogP contribution in [0.2, 0.25) is 0 Å². The fraction of sp³-hybridized carbons (Fsp3) is 0.630. The second-order valence-corrected chi connectivity index (χ2v) is 10.1. The highest BCUT2D eigenvalue weighted by atomic mass is 16.7. The topological polar surface area (TPSA) is 150 Å². The lowest BCUT2D eigenvalue weighted by Crippen LogP contribution is -2.37. The van der Waals surface area contributed by atoms with E-state index in [4.69, 9.17) is 34.2 Å². The summed E-state index contributed by atoms with van der Waals surface area (Å²) in [7, 11) is 0. The molecule has 0 saturated heterocycles. The van der Waals surface area contributed by atoms with Crippen molar-refractivity contribution >= 4 is 24.2 Å². The summed E-state index contributed by atoms with van der Waals surface area (Å²) >= 11 is 0. The molecule has 0 spiro atoms. The number of carbonyl (C=O) groups excluding carboxylic acids is 4. The normalized spacial score (nSPS) is 14.3. The molecule has 0 heterocycles. The Hall–Kier alpha value is -3.34. The first-order valence-electron chi connectivity index (χ1n) is 12.7. The molecule has 0 aliphatic carbocycles. The molecule has 1 aromatic rings. The standard InChI is InChI=1S/C27H41NO10/c1-9-16(3)35-25(31)37-21-12-11-19(14-22(21)38-26(32)36-17(4)10-2)13-20(28)23(29)33-15-18(5)34-24(30)27(6,7)8/h11-12,14,16-18,20H,9-10,13,15,28H2,1-8H3/t16?,17?,18-,20-/m0/s1. The molecule has 38 heavy (non-hydrogen) atoms. The quantitative estimate of drug-likeness (QED) is 0.223. The third-order valence-electron chi connectivity index (χ3n) is 5.28. The third kappa shape index (κ3) is 11.8. The van der Waals surface area contributed by atoms with E-state index in [0.717, 1.165) is 0 Å². The molecule has 4 atom stereocenters. The molecule has 0 aliphatic heterocycles. The van der Waals surface area contributed by atoms with Gasteiger partial charge in [0, 0.05) is 0 Å². The number of rotatable bonds is 12. The Morgan fingerprint density at radius 3 is 1.84 bits per heavy atom. The Balaban J connectivity index is 2.91. The van der Waals surface area contributed by atoms with E-state index in [1.165, 1.54) is 12.1 Å². The lowest BCUT2D eigenvalue weighted by molar-refractivity contribution is -0.165. The van der Waals surface area contributed by atoms with Gasteiger partial charge in [0.05, 0.1) is 5.41 Å². The summed E-state index contributed by atoms with van der Waals surface area (Å²) in [5.74, 6) is -1.31. The van der Waals surface area contributed by atoms with E-state index in [-0.39, 0.29) is 30.6 Å². The Labute approximate surface area is 224 Å². The molecule has 0 amide bonds. The summed E-state index contributed by atoms with van der Waals surface area (Å²) < 4.78 is 31.2. The zero-order valence-electron chi connectivity index (χ0n) is 23.5. The average molecular weight is 540 g/mol. The highest BCUT2D eigenvalue weighted by molar-refractivity contribution is 5.77. The summed E-state index contributed by atoms with van der Waals surface area (Å²) in [6, 6.07) is 3.29. The molecule has 0 aromatic heterocycles. The van der Waals surface area contributed by atoms with E-state index in [0.29, 0.717) is 18.4 Å². The maximum Gasteiger partial charge on any atom is 0.514 e. The molecule has 11 heteroatoms. The number of ether oxygens (including phenoxy) is 6. The zero-order valence-corrected chi connectivity index (χ0v) is 23.5. The highest BCUT2D eigenvalue weighted by Gasteiger charge is 2.26. The number of hydrogen-bond donors (Lipinski definition) is 1. The van der Waals surface area contributed by atoms with Crippen molar-refractivity contribution in [1.82, 2.24) is 0 Å². The molecule has 2 unspecified atom stereocenters. The van der Waals surface area contributed by atoms with Crippen LogP contribution in [0, 0.1) is 5.41 Å². The molecule has 0 saturated carbocycles. The van der Waals surface area contributed by atoms with Crippen molar-refractivity contribution in [2.24, 2.45) is 11.1 Å². The van der Waals surface area contributed by atoms with Crippen LogP contribution in [-0.2, 0) is 35.0 Å². The molecule has 0 aliphatic rings. The van der Waals surface area contributed by atoms with E-state index >= 15 is 0 Å². The first kappa shape index (κ1) is 32.7. The van der Waals surface area contributed by atoms with Crippen LogP contribution in [0.5, 0.6) is 11.5 Å². The van der Waals surface area contributed by atoms with Crippen molar-refractivity contribution < 1.29 is 47.6 Å². The molecule has 1 rings (SSSR count). The molecule has 214 valence electrons. The van der Waals surface area contributed by atoms with Gasteiger partial charge >= 0.3 is 24.2 Å². The predicted molar refractivity (Wildman–Crippen MR) is 138 cm³/mol. The minimum atomic E-state index is -1.07. The fourth-order valence-electron chi connectivity index (χ4n) is 2.60. The van der Waals surface area contributed by atoms with Gasteiger partial charge in [-0.25, -0.2) is 9.59 Å². The maximum atomic E-state index is 12.4. The maximum absolute atomic E-state index is 12.4.